The quantitative estimate of drug-likeness (QED) is 0.486. The topological polar surface area (TPSA) is 159 Å². The minimum Gasteiger partial charge on any atom is -0.496 e. The molecule has 1 aromatic carbocycles. The zero-order chi connectivity index (χ0) is 23.2. The van der Waals surface area contributed by atoms with Crippen LogP contribution in [0.15, 0.2) is 36.7 Å². The number of benzene rings is 1. The summed E-state index contributed by atoms with van der Waals surface area (Å²) in [5.41, 5.74) is 1.49. The summed E-state index contributed by atoms with van der Waals surface area (Å²) in [6.45, 7) is 1.06. The van der Waals surface area contributed by atoms with Gasteiger partial charge < -0.3 is 29.5 Å². The number of aromatic nitrogens is 4. The SMILES string of the molecule is COc1cccc(OC[C@H]2CN(C(=O)O)CCO2)c1-c1cc(Nc2cnc(C#N)cn2)n[nH]1. The highest BCUT2D eigenvalue weighted by atomic mass is 16.5. The predicted molar refractivity (Wildman–Crippen MR) is 115 cm³/mol. The van der Waals surface area contributed by atoms with Crippen LogP contribution in [0.1, 0.15) is 5.69 Å². The summed E-state index contributed by atoms with van der Waals surface area (Å²) in [4.78, 5) is 20.6. The predicted octanol–water partition coefficient (Wildman–Crippen LogP) is 2.25. The van der Waals surface area contributed by atoms with Gasteiger partial charge in [-0.05, 0) is 12.1 Å². The Morgan fingerprint density at radius 2 is 2.21 bits per heavy atom. The van der Waals surface area contributed by atoms with Crippen molar-refractivity contribution < 1.29 is 24.1 Å². The van der Waals surface area contributed by atoms with Crippen molar-refractivity contribution in [2.24, 2.45) is 0 Å². The number of hydrogen-bond acceptors (Lipinski definition) is 9. The number of amides is 1. The van der Waals surface area contributed by atoms with Gasteiger partial charge in [-0.1, -0.05) is 6.07 Å². The third-order valence-corrected chi connectivity index (χ3v) is 4.91. The van der Waals surface area contributed by atoms with Crippen molar-refractivity contribution in [3.63, 3.8) is 0 Å². The second-order valence-corrected chi connectivity index (χ2v) is 7.06. The molecule has 1 saturated heterocycles. The number of hydrogen-bond donors (Lipinski definition) is 3. The lowest BCUT2D eigenvalue weighted by molar-refractivity contribution is -0.0411. The number of carboxylic acid groups (broad SMARTS) is 1. The van der Waals surface area contributed by atoms with E-state index in [1.54, 1.807) is 31.4 Å². The van der Waals surface area contributed by atoms with Gasteiger partial charge in [0.1, 0.15) is 36.1 Å². The monoisotopic (exact) mass is 451 g/mol. The van der Waals surface area contributed by atoms with Gasteiger partial charge in [-0.25, -0.2) is 14.8 Å². The number of morpholine rings is 1. The van der Waals surface area contributed by atoms with Crippen molar-refractivity contribution in [3.8, 4) is 28.8 Å². The molecule has 1 atom stereocenters. The molecule has 1 aliphatic heterocycles. The second-order valence-electron chi connectivity index (χ2n) is 7.06. The van der Waals surface area contributed by atoms with E-state index in [1.807, 2.05) is 6.07 Å². The Morgan fingerprint density at radius 3 is 2.94 bits per heavy atom. The number of nitrogens with zero attached hydrogens (tertiary/aromatic N) is 5. The highest BCUT2D eigenvalue weighted by molar-refractivity contribution is 5.76. The molecule has 3 N–H and O–H groups in total. The second kappa shape index (κ2) is 9.84. The molecule has 0 saturated carbocycles. The Balaban J connectivity index is 1.51. The number of H-pyrrole nitrogens is 1. The van der Waals surface area contributed by atoms with Gasteiger partial charge in [-0.2, -0.15) is 10.4 Å². The van der Waals surface area contributed by atoms with Crippen molar-refractivity contribution in [2.75, 3.05) is 38.7 Å². The summed E-state index contributed by atoms with van der Waals surface area (Å²) in [6, 6.07) is 9.05. The lowest BCUT2D eigenvalue weighted by Gasteiger charge is -2.31. The molecule has 1 amide bonds. The van der Waals surface area contributed by atoms with Crippen LogP contribution in [-0.2, 0) is 4.74 Å². The van der Waals surface area contributed by atoms with Gasteiger partial charge in [-0.15, -0.1) is 0 Å². The molecule has 12 nitrogen and oxygen atoms in total. The molecule has 2 aromatic heterocycles. The summed E-state index contributed by atoms with van der Waals surface area (Å²) in [5, 5.41) is 28.3. The molecular weight excluding hydrogens is 430 g/mol. The Kier molecular flexibility index (Phi) is 6.51. The van der Waals surface area contributed by atoms with Crippen LogP contribution in [0.2, 0.25) is 0 Å². The Morgan fingerprint density at radius 1 is 1.36 bits per heavy atom. The molecule has 0 bridgehead atoms. The first kappa shape index (κ1) is 21.8. The van der Waals surface area contributed by atoms with Gasteiger partial charge in [0.15, 0.2) is 11.5 Å². The Hall–Kier alpha value is -4.37. The number of anilines is 2. The van der Waals surface area contributed by atoms with Crippen LogP contribution in [0.5, 0.6) is 11.5 Å². The average Bonchev–Trinajstić information content (AvgIpc) is 3.31. The van der Waals surface area contributed by atoms with Crippen LogP contribution in [0, 0.1) is 11.3 Å². The Bertz CT molecular complexity index is 1160. The number of nitriles is 1. The number of carbonyl (C=O) groups is 1. The summed E-state index contributed by atoms with van der Waals surface area (Å²) in [7, 11) is 1.56. The Labute approximate surface area is 188 Å². The highest BCUT2D eigenvalue weighted by Gasteiger charge is 2.25. The van der Waals surface area contributed by atoms with Crippen LogP contribution >= 0.6 is 0 Å². The molecule has 1 aliphatic rings. The number of methoxy groups -OCH3 is 1. The first-order valence-electron chi connectivity index (χ1n) is 10.0. The molecule has 0 unspecified atom stereocenters. The fourth-order valence-electron chi connectivity index (χ4n) is 3.34. The molecule has 0 aliphatic carbocycles. The van der Waals surface area contributed by atoms with Crippen LogP contribution in [0.25, 0.3) is 11.3 Å². The molecule has 33 heavy (non-hydrogen) atoms. The molecule has 0 radical (unpaired) electrons. The van der Waals surface area contributed by atoms with E-state index in [4.69, 9.17) is 19.5 Å². The van der Waals surface area contributed by atoms with E-state index >= 15 is 0 Å². The lowest BCUT2D eigenvalue weighted by atomic mass is 10.1. The van der Waals surface area contributed by atoms with E-state index in [9.17, 15) is 9.90 Å². The molecule has 0 spiro atoms. The third kappa shape index (κ3) is 5.10. The molecule has 3 aromatic rings. The van der Waals surface area contributed by atoms with E-state index in [0.717, 1.165) is 0 Å². The number of rotatable bonds is 7. The fourth-order valence-corrected chi connectivity index (χ4v) is 3.34. The maximum atomic E-state index is 11.2. The van der Waals surface area contributed by atoms with E-state index in [0.29, 0.717) is 47.5 Å². The smallest absolute Gasteiger partial charge is 0.407 e. The van der Waals surface area contributed by atoms with E-state index in [2.05, 4.69) is 25.5 Å². The maximum absolute atomic E-state index is 11.2. The zero-order valence-corrected chi connectivity index (χ0v) is 17.7. The molecular formula is C21H21N7O5. The first-order valence-corrected chi connectivity index (χ1v) is 10.0. The van der Waals surface area contributed by atoms with E-state index < -0.39 is 6.09 Å². The average molecular weight is 451 g/mol. The van der Waals surface area contributed by atoms with E-state index in [1.165, 1.54) is 17.3 Å². The van der Waals surface area contributed by atoms with Crippen molar-refractivity contribution in [3.05, 3.63) is 42.4 Å². The van der Waals surface area contributed by atoms with E-state index in [-0.39, 0.29) is 24.9 Å². The van der Waals surface area contributed by atoms with Gasteiger partial charge in [0.05, 0.1) is 43.9 Å². The van der Waals surface area contributed by atoms with Gasteiger partial charge in [0.2, 0.25) is 0 Å². The molecule has 3 heterocycles. The summed E-state index contributed by atoms with van der Waals surface area (Å²) in [6.07, 6.45) is 1.44. The molecule has 170 valence electrons. The van der Waals surface area contributed by atoms with Crippen LogP contribution in [-0.4, -0.2) is 75.8 Å². The van der Waals surface area contributed by atoms with Crippen LogP contribution in [0.4, 0.5) is 16.4 Å². The number of ether oxygens (including phenoxy) is 3. The summed E-state index contributed by atoms with van der Waals surface area (Å²) in [5.74, 6) is 2.01. The van der Waals surface area contributed by atoms with Gasteiger partial charge in [0.25, 0.3) is 0 Å². The van der Waals surface area contributed by atoms with Crippen molar-refractivity contribution in [1.82, 2.24) is 25.1 Å². The standard InChI is InChI=1S/C21H21N7O5/c1-31-16-3-2-4-17(33-12-14-11-28(21(29)30)5-6-32-14)20(16)15-7-18(27-26-15)25-19-10-23-13(8-22)9-24-19/h2-4,7,9-10,14H,5-6,11-12H2,1H3,(H,29,30)(H2,24,25,26,27)/t14-/m1/s1. The lowest BCUT2D eigenvalue weighted by Crippen LogP contribution is -2.47. The normalized spacial score (nSPS) is 15.5. The first-order chi connectivity index (χ1) is 16.1. The van der Waals surface area contributed by atoms with Crippen molar-refractivity contribution >= 4 is 17.7 Å². The van der Waals surface area contributed by atoms with Gasteiger partial charge >= 0.3 is 6.09 Å². The fraction of sp³-hybridized carbons (Fsp3) is 0.286. The number of nitrogens with one attached hydrogen (secondary N) is 2. The van der Waals surface area contributed by atoms with Crippen LogP contribution in [0.3, 0.4) is 0 Å². The van der Waals surface area contributed by atoms with Crippen LogP contribution < -0.4 is 14.8 Å². The largest absolute Gasteiger partial charge is 0.496 e. The summed E-state index contributed by atoms with van der Waals surface area (Å²) >= 11 is 0. The third-order valence-electron chi connectivity index (χ3n) is 4.91. The molecule has 4 rings (SSSR count). The maximum Gasteiger partial charge on any atom is 0.407 e. The highest BCUT2D eigenvalue weighted by Crippen LogP contribution is 2.38. The molecule has 12 heteroatoms. The minimum absolute atomic E-state index is 0.171. The molecule has 1 fully saturated rings. The number of aromatic amines is 1. The minimum atomic E-state index is -0.977. The van der Waals surface area contributed by atoms with Gasteiger partial charge in [-0.3, -0.25) is 5.10 Å². The van der Waals surface area contributed by atoms with Crippen molar-refractivity contribution in [2.45, 2.75) is 6.10 Å². The van der Waals surface area contributed by atoms with Gasteiger partial charge in [0, 0.05) is 12.6 Å². The summed E-state index contributed by atoms with van der Waals surface area (Å²) < 4.78 is 17.2. The van der Waals surface area contributed by atoms with Crippen molar-refractivity contribution in [1.29, 1.82) is 5.26 Å². The zero-order valence-electron chi connectivity index (χ0n) is 17.7.